The lowest BCUT2D eigenvalue weighted by Crippen LogP contribution is -2.49. The Bertz CT molecular complexity index is 960. The van der Waals surface area contributed by atoms with Gasteiger partial charge in [0.1, 0.15) is 11.4 Å². The number of piperazine rings is 1. The molecular formula is C22H24N4O2. The maximum absolute atomic E-state index is 13.1. The van der Waals surface area contributed by atoms with Gasteiger partial charge in [0.2, 0.25) is 0 Å². The molecule has 0 bridgehead atoms. The van der Waals surface area contributed by atoms with Crippen molar-refractivity contribution in [2.45, 2.75) is 0 Å². The number of carbonyl (C=O) groups is 1. The molecule has 1 amide bonds. The van der Waals surface area contributed by atoms with Gasteiger partial charge in [-0.3, -0.25) is 9.78 Å². The molecule has 4 rings (SSSR count). The molecule has 0 aliphatic carbocycles. The number of carbonyl (C=O) groups excluding carboxylic acids is 1. The molecule has 1 aliphatic heterocycles. The molecule has 0 spiro atoms. The Morgan fingerprint density at radius 1 is 1.00 bits per heavy atom. The Labute approximate surface area is 165 Å². The van der Waals surface area contributed by atoms with E-state index in [9.17, 15) is 4.79 Å². The Morgan fingerprint density at radius 2 is 1.75 bits per heavy atom. The summed E-state index contributed by atoms with van der Waals surface area (Å²) < 4.78 is 7.23. The number of hydrogen-bond acceptors (Lipinski definition) is 4. The average molecular weight is 376 g/mol. The van der Waals surface area contributed by atoms with Crippen LogP contribution in [0.5, 0.6) is 5.75 Å². The summed E-state index contributed by atoms with van der Waals surface area (Å²) >= 11 is 0. The minimum atomic E-state index is 0.0769. The molecule has 3 aromatic rings. The highest BCUT2D eigenvalue weighted by Crippen LogP contribution is 2.24. The molecule has 6 heteroatoms. The second-order valence-electron chi connectivity index (χ2n) is 6.94. The highest BCUT2D eigenvalue weighted by atomic mass is 16.5. The van der Waals surface area contributed by atoms with E-state index >= 15 is 0 Å². The molecule has 6 nitrogen and oxygen atoms in total. The van der Waals surface area contributed by atoms with E-state index in [2.05, 4.69) is 16.0 Å². The van der Waals surface area contributed by atoms with E-state index in [1.54, 1.807) is 19.5 Å². The lowest BCUT2D eigenvalue weighted by Gasteiger charge is -2.36. The van der Waals surface area contributed by atoms with Gasteiger partial charge in [0.15, 0.2) is 0 Å². The highest BCUT2D eigenvalue weighted by molar-refractivity contribution is 5.94. The van der Waals surface area contributed by atoms with Gasteiger partial charge < -0.3 is 19.1 Å². The summed E-state index contributed by atoms with van der Waals surface area (Å²) in [5.74, 6) is 0.927. The van der Waals surface area contributed by atoms with E-state index in [1.807, 2.05) is 59.1 Å². The van der Waals surface area contributed by atoms with Gasteiger partial charge in [-0.15, -0.1) is 0 Å². The van der Waals surface area contributed by atoms with Crippen molar-refractivity contribution in [3.8, 4) is 16.9 Å². The molecule has 144 valence electrons. The molecule has 1 aliphatic rings. The van der Waals surface area contributed by atoms with Crippen LogP contribution in [0, 0.1) is 0 Å². The van der Waals surface area contributed by atoms with Crippen molar-refractivity contribution < 1.29 is 9.53 Å². The summed E-state index contributed by atoms with van der Waals surface area (Å²) in [5.41, 5.74) is 3.93. The second kappa shape index (κ2) is 7.76. The van der Waals surface area contributed by atoms with Crippen LogP contribution in [0.1, 0.15) is 10.5 Å². The van der Waals surface area contributed by atoms with Crippen molar-refractivity contribution in [1.29, 1.82) is 0 Å². The van der Waals surface area contributed by atoms with Gasteiger partial charge in [-0.25, -0.2) is 0 Å². The predicted octanol–water partition coefficient (Wildman–Crippen LogP) is 3.06. The Kier molecular flexibility index (Phi) is 5.02. The van der Waals surface area contributed by atoms with Crippen LogP contribution in [0.3, 0.4) is 0 Å². The van der Waals surface area contributed by atoms with Crippen LogP contribution in [0.4, 0.5) is 5.69 Å². The van der Waals surface area contributed by atoms with Crippen LogP contribution in [0.25, 0.3) is 11.1 Å². The summed E-state index contributed by atoms with van der Waals surface area (Å²) in [6.07, 6.45) is 5.53. The number of amides is 1. The summed E-state index contributed by atoms with van der Waals surface area (Å²) in [6, 6.07) is 13.9. The molecule has 0 unspecified atom stereocenters. The smallest absolute Gasteiger partial charge is 0.270 e. The number of benzene rings is 1. The van der Waals surface area contributed by atoms with Crippen LogP contribution < -0.4 is 9.64 Å². The van der Waals surface area contributed by atoms with Gasteiger partial charge in [-0.05, 0) is 35.9 Å². The SMILES string of the molecule is COc1cccc(N2CCN(C(=O)c3cc(-c4ccncc4)cn3C)CC2)c1. The summed E-state index contributed by atoms with van der Waals surface area (Å²) in [7, 11) is 3.60. The summed E-state index contributed by atoms with van der Waals surface area (Å²) in [6.45, 7) is 3.01. The first-order valence-corrected chi connectivity index (χ1v) is 9.41. The monoisotopic (exact) mass is 376 g/mol. The minimum absolute atomic E-state index is 0.0769. The average Bonchev–Trinajstić information content (AvgIpc) is 3.15. The van der Waals surface area contributed by atoms with Crippen LogP contribution in [-0.2, 0) is 7.05 Å². The fourth-order valence-corrected chi connectivity index (χ4v) is 3.62. The van der Waals surface area contributed by atoms with Crippen LogP contribution >= 0.6 is 0 Å². The van der Waals surface area contributed by atoms with E-state index in [1.165, 1.54) is 0 Å². The third-order valence-corrected chi connectivity index (χ3v) is 5.22. The van der Waals surface area contributed by atoms with Crippen molar-refractivity contribution >= 4 is 11.6 Å². The van der Waals surface area contributed by atoms with Gasteiger partial charge in [0, 0.05) is 69.1 Å². The maximum atomic E-state index is 13.1. The van der Waals surface area contributed by atoms with E-state index in [4.69, 9.17) is 4.74 Å². The van der Waals surface area contributed by atoms with Crippen molar-refractivity contribution in [2.24, 2.45) is 7.05 Å². The molecule has 2 aromatic heterocycles. The van der Waals surface area contributed by atoms with E-state index in [0.29, 0.717) is 18.8 Å². The number of rotatable bonds is 4. The number of methoxy groups -OCH3 is 1. The van der Waals surface area contributed by atoms with E-state index in [0.717, 1.165) is 35.7 Å². The summed E-state index contributed by atoms with van der Waals surface area (Å²) in [4.78, 5) is 21.3. The number of hydrogen-bond donors (Lipinski definition) is 0. The zero-order valence-electron chi connectivity index (χ0n) is 16.2. The first-order valence-electron chi connectivity index (χ1n) is 9.41. The molecule has 0 atom stereocenters. The molecule has 0 radical (unpaired) electrons. The zero-order valence-corrected chi connectivity index (χ0v) is 16.2. The number of aromatic nitrogens is 2. The van der Waals surface area contributed by atoms with Gasteiger partial charge in [0.05, 0.1) is 7.11 Å². The van der Waals surface area contributed by atoms with Gasteiger partial charge in [-0.2, -0.15) is 0 Å². The largest absolute Gasteiger partial charge is 0.497 e. The topological polar surface area (TPSA) is 50.6 Å². The van der Waals surface area contributed by atoms with Gasteiger partial charge in [0.25, 0.3) is 5.91 Å². The van der Waals surface area contributed by atoms with Crippen LogP contribution in [-0.4, -0.2) is 53.6 Å². The first kappa shape index (κ1) is 18.1. The van der Waals surface area contributed by atoms with Crippen molar-refractivity contribution in [3.05, 3.63) is 66.7 Å². The minimum Gasteiger partial charge on any atom is -0.497 e. The molecule has 0 saturated carbocycles. The second-order valence-corrected chi connectivity index (χ2v) is 6.94. The Balaban J connectivity index is 1.45. The molecule has 0 N–H and O–H groups in total. The van der Waals surface area contributed by atoms with E-state index in [-0.39, 0.29) is 5.91 Å². The molecule has 1 saturated heterocycles. The highest BCUT2D eigenvalue weighted by Gasteiger charge is 2.24. The number of anilines is 1. The zero-order chi connectivity index (χ0) is 19.5. The fraction of sp³-hybridized carbons (Fsp3) is 0.273. The number of pyridine rings is 1. The standard InChI is InChI=1S/C22H24N4O2/c1-24-16-18(17-6-8-23-9-7-17)14-21(24)22(27)26-12-10-25(11-13-26)19-4-3-5-20(15-19)28-2/h3-9,14-16H,10-13H2,1-2H3. The van der Waals surface area contributed by atoms with Gasteiger partial charge in [-0.1, -0.05) is 6.07 Å². The van der Waals surface area contributed by atoms with Gasteiger partial charge >= 0.3 is 0 Å². The number of ether oxygens (including phenoxy) is 1. The summed E-state index contributed by atoms with van der Waals surface area (Å²) in [5, 5.41) is 0. The lowest BCUT2D eigenvalue weighted by molar-refractivity contribution is 0.0737. The normalized spacial score (nSPS) is 14.2. The Morgan fingerprint density at radius 3 is 2.46 bits per heavy atom. The molecule has 1 aromatic carbocycles. The van der Waals surface area contributed by atoms with Crippen LogP contribution in [0.2, 0.25) is 0 Å². The third-order valence-electron chi connectivity index (χ3n) is 5.22. The Hall–Kier alpha value is -3.28. The van der Waals surface area contributed by atoms with Crippen molar-refractivity contribution in [2.75, 3.05) is 38.2 Å². The first-order chi connectivity index (χ1) is 13.7. The molecule has 1 fully saturated rings. The third kappa shape index (κ3) is 3.58. The lowest BCUT2D eigenvalue weighted by atomic mass is 10.1. The van der Waals surface area contributed by atoms with Crippen molar-refractivity contribution in [1.82, 2.24) is 14.5 Å². The molecular weight excluding hydrogens is 352 g/mol. The molecule has 3 heterocycles. The van der Waals surface area contributed by atoms with E-state index < -0.39 is 0 Å². The fourth-order valence-electron chi connectivity index (χ4n) is 3.62. The number of aryl methyl sites for hydroxylation is 1. The predicted molar refractivity (Wildman–Crippen MR) is 110 cm³/mol. The number of nitrogens with zero attached hydrogens (tertiary/aromatic N) is 4. The maximum Gasteiger partial charge on any atom is 0.270 e. The van der Waals surface area contributed by atoms with Crippen molar-refractivity contribution in [3.63, 3.8) is 0 Å². The quantitative estimate of drug-likeness (QED) is 0.702. The molecule has 28 heavy (non-hydrogen) atoms. The van der Waals surface area contributed by atoms with Crippen LogP contribution in [0.15, 0.2) is 61.1 Å².